The lowest BCUT2D eigenvalue weighted by molar-refractivity contribution is 0.295. The van der Waals surface area contributed by atoms with Crippen LogP contribution in [-0.2, 0) is 6.61 Å². The highest BCUT2D eigenvalue weighted by molar-refractivity contribution is 9.10. The maximum absolute atomic E-state index is 13.7. The third-order valence-electron chi connectivity index (χ3n) is 2.99. The molecule has 2 aromatic rings. The molecule has 2 rings (SSSR count). The molecule has 3 heteroatoms. The summed E-state index contributed by atoms with van der Waals surface area (Å²) in [5.41, 5.74) is 3.92. The Morgan fingerprint density at radius 3 is 2.26 bits per heavy atom. The second kappa shape index (κ2) is 5.74. The van der Waals surface area contributed by atoms with Crippen molar-refractivity contribution in [2.45, 2.75) is 27.4 Å². The smallest absolute Gasteiger partial charge is 0.130 e. The summed E-state index contributed by atoms with van der Waals surface area (Å²) >= 11 is 3.24. The van der Waals surface area contributed by atoms with Crippen LogP contribution in [0.25, 0.3) is 0 Å². The minimum absolute atomic E-state index is 0.240. The van der Waals surface area contributed by atoms with Gasteiger partial charge in [0.25, 0.3) is 0 Å². The van der Waals surface area contributed by atoms with Gasteiger partial charge < -0.3 is 4.74 Å². The number of hydrogen-bond donors (Lipinski definition) is 0. The van der Waals surface area contributed by atoms with Gasteiger partial charge >= 0.3 is 0 Å². The van der Waals surface area contributed by atoms with Crippen molar-refractivity contribution in [3.8, 4) is 5.75 Å². The van der Waals surface area contributed by atoms with E-state index >= 15 is 0 Å². The molecule has 0 N–H and O–H groups in total. The highest BCUT2D eigenvalue weighted by Crippen LogP contribution is 2.26. The molecule has 1 nitrogen and oxygen atoms in total. The molecule has 0 amide bonds. The Morgan fingerprint density at radius 2 is 1.68 bits per heavy atom. The van der Waals surface area contributed by atoms with Crippen LogP contribution in [0.2, 0.25) is 0 Å². The molecule has 0 aliphatic carbocycles. The highest BCUT2D eigenvalue weighted by atomic mass is 79.9. The minimum Gasteiger partial charge on any atom is -0.488 e. The van der Waals surface area contributed by atoms with Crippen LogP contribution in [0.15, 0.2) is 34.8 Å². The molecule has 0 aromatic heterocycles. The molecule has 0 spiro atoms. The number of rotatable bonds is 3. The second-order valence-corrected chi connectivity index (χ2v) is 5.67. The predicted octanol–water partition coefficient (Wildman–Crippen LogP) is 5.09. The van der Waals surface area contributed by atoms with E-state index in [4.69, 9.17) is 4.74 Å². The van der Waals surface area contributed by atoms with E-state index in [1.54, 1.807) is 6.07 Å². The number of benzene rings is 2. The first kappa shape index (κ1) is 14.1. The molecule has 0 saturated heterocycles. The number of aryl methyl sites for hydroxylation is 3. The molecule has 0 bridgehead atoms. The molecule has 19 heavy (non-hydrogen) atoms. The summed E-state index contributed by atoms with van der Waals surface area (Å²) < 4.78 is 20.2. The van der Waals surface area contributed by atoms with Crippen molar-refractivity contribution in [1.29, 1.82) is 0 Å². The molecule has 2 aromatic carbocycles. The summed E-state index contributed by atoms with van der Waals surface area (Å²) in [4.78, 5) is 0. The van der Waals surface area contributed by atoms with E-state index in [-0.39, 0.29) is 12.4 Å². The standard InChI is InChI=1S/C16H16BrFO/c1-10-6-11(2)16(12(3)7-10)19-9-13-4-5-14(17)8-15(13)18/h4-8H,9H2,1-3H3. The zero-order chi connectivity index (χ0) is 14.0. The van der Waals surface area contributed by atoms with Gasteiger partial charge in [-0.3, -0.25) is 0 Å². The fraction of sp³-hybridized carbons (Fsp3) is 0.250. The third-order valence-corrected chi connectivity index (χ3v) is 3.49. The summed E-state index contributed by atoms with van der Waals surface area (Å²) in [7, 11) is 0. The summed E-state index contributed by atoms with van der Waals surface area (Å²) in [6.07, 6.45) is 0. The zero-order valence-corrected chi connectivity index (χ0v) is 12.8. The Labute approximate surface area is 121 Å². The molecule has 0 fully saturated rings. The molecular weight excluding hydrogens is 307 g/mol. The predicted molar refractivity (Wildman–Crippen MR) is 79.1 cm³/mol. The van der Waals surface area contributed by atoms with Gasteiger partial charge in [0, 0.05) is 10.0 Å². The lowest BCUT2D eigenvalue weighted by atomic mass is 10.1. The number of hydrogen-bond acceptors (Lipinski definition) is 1. The average molecular weight is 323 g/mol. The first-order valence-electron chi connectivity index (χ1n) is 6.12. The SMILES string of the molecule is Cc1cc(C)c(OCc2ccc(Br)cc2F)c(C)c1. The maximum Gasteiger partial charge on any atom is 0.130 e. The molecule has 0 heterocycles. The lowest BCUT2D eigenvalue weighted by Crippen LogP contribution is -2.01. The fourth-order valence-electron chi connectivity index (χ4n) is 2.18. The Morgan fingerprint density at radius 1 is 1.05 bits per heavy atom. The largest absolute Gasteiger partial charge is 0.488 e. The Kier molecular flexibility index (Phi) is 4.25. The van der Waals surface area contributed by atoms with Crippen LogP contribution in [0.5, 0.6) is 5.75 Å². The van der Waals surface area contributed by atoms with Crippen molar-refractivity contribution in [2.24, 2.45) is 0 Å². The molecule has 100 valence electrons. The van der Waals surface area contributed by atoms with Crippen molar-refractivity contribution in [1.82, 2.24) is 0 Å². The highest BCUT2D eigenvalue weighted by Gasteiger charge is 2.08. The van der Waals surface area contributed by atoms with Crippen molar-refractivity contribution in [2.75, 3.05) is 0 Å². The van der Waals surface area contributed by atoms with E-state index in [2.05, 4.69) is 35.0 Å². The fourth-order valence-corrected chi connectivity index (χ4v) is 2.52. The minimum atomic E-state index is -0.253. The summed E-state index contributed by atoms with van der Waals surface area (Å²) in [5.74, 6) is 0.588. The van der Waals surface area contributed by atoms with Gasteiger partial charge in [0.2, 0.25) is 0 Å². The van der Waals surface area contributed by atoms with Crippen LogP contribution in [0, 0.1) is 26.6 Å². The van der Waals surface area contributed by atoms with E-state index < -0.39 is 0 Å². The Balaban J connectivity index is 2.19. The third kappa shape index (κ3) is 3.35. The first-order valence-corrected chi connectivity index (χ1v) is 6.91. The van der Waals surface area contributed by atoms with Gasteiger partial charge in [-0.25, -0.2) is 4.39 Å². The van der Waals surface area contributed by atoms with E-state index in [0.717, 1.165) is 21.3 Å². The van der Waals surface area contributed by atoms with Crippen molar-refractivity contribution in [3.05, 3.63) is 62.9 Å². The summed E-state index contributed by atoms with van der Waals surface area (Å²) in [6.45, 7) is 6.31. The van der Waals surface area contributed by atoms with E-state index in [1.807, 2.05) is 19.9 Å². The first-order chi connectivity index (χ1) is 8.97. The molecule has 0 radical (unpaired) electrons. The topological polar surface area (TPSA) is 9.23 Å². The van der Waals surface area contributed by atoms with Gasteiger partial charge in [0.05, 0.1) is 0 Å². The number of halogens is 2. The maximum atomic E-state index is 13.7. The molecule has 0 unspecified atom stereocenters. The summed E-state index contributed by atoms with van der Waals surface area (Å²) in [6, 6.07) is 9.14. The molecule has 0 saturated carbocycles. The van der Waals surface area contributed by atoms with Gasteiger partial charge in [0.1, 0.15) is 18.2 Å². The van der Waals surface area contributed by atoms with Crippen molar-refractivity contribution in [3.63, 3.8) is 0 Å². The van der Waals surface area contributed by atoms with Crippen LogP contribution < -0.4 is 4.74 Å². The Bertz CT molecular complexity index is 585. The van der Waals surface area contributed by atoms with E-state index in [9.17, 15) is 4.39 Å². The average Bonchev–Trinajstić information content (AvgIpc) is 2.30. The van der Waals surface area contributed by atoms with Crippen LogP contribution >= 0.6 is 15.9 Å². The quantitative estimate of drug-likeness (QED) is 0.764. The van der Waals surface area contributed by atoms with Gasteiger partial charge in [-0.15, -0.1) is 0 Å². The summed E-state index contributed by atoms with van der Waals surface area (Å²) in [5, 5.41) is 0. The molecule has 0 aliphatic rings. The van der Waals surface area contributed by atoms with Gasteiger partial charge in [0.15, 0.2) is 0 Å². The zero-order valence-electron chi connectivity index (χ0n) is 11.3. The van der Waals surface area contributed by atoms with Crippen LogP contribution in [0.1, 0.15) is 22.3 Å². The van der Waals surface area contributed by atoms with Crippen LogP contribution in [-0.4, -0.2) is 0 Å². The van der Waals surface area contributed by atoms with Gasteiger partial charge in [-0.1, -0.05) is 39.7 Å². The van der Waals surface area contributed by atoms with Crippen molar-refractivity contribution >= 4 is 15.9 Å². The number of ether oxygens (including phenoxy) is 1. The van der Waals surface area contributed by atoms with Crippen molar-refractivity contribution < 1.29 is 9.13 Å². The molecule has 0 atom stereocenters. The van der Waals surface area contributed by atoms with Crippen LogP contribution in [0.3, 0.4) is 0 Å². The van der Waals surface area contributed by atoms with Gasteiger partial charge in [-0.2, -0.15) is 0 Å². The lowest BCUT2D eigenvalue weighted by Gasteiger charge is -2.13. The van der Waals surface area contributed by atoms with E-state index in [0.29, 0.717) is 5.56 Å². The van der Waals surface area contributed by atoms with Gasteiger partial charge in [-0.05, 0) is 44.0 Å². The monoisotopic (exact) mass is 322 g/mol. The van der Waals surface area contributed by atoms with E-state index in [1.165, 1.54) is 11.6 Å². The van der Waals surface area contributed by atoms with Crippen LogP contribution in [0.4, 0.5) is 4.39 Å². The second-order valence-electron chi connectivity index (χ2n) is 4.75. The molecular formula is C16H16BrFO. The normalized spacial score (nSPS) is 10.6. The molecule has 0 aliphatic heterocycles. The Hall–Kier alpha value is -1.35.